The molecule has 0 saturated carbocycles. The van der Waals surface area contributed by atoms with E-state index >= 15 is 0 Å². The van der Waals surface area contributed by atoms with Crippen LogP contribution in [0.15, 0.2) is 47.7 Å². The van der Waals surface area contributed by atoms with Gasteiger partial charge in [-0.2, -0.15) is 0 Å². The first-order valence-corrected chi connectivity index (χ1v) is 11.1. The number of benzene rings is 1. The summed E-state index contributed by atoms with van der Waals surface area (Å²) in [5.74, 6) is 1.61. The van der Waals surface area contributed by atoms with E-state index in [0.717, 1.165) is 54.3 Å². The SMILES string of the molecule is CN=C(NCCc1c[nH]c2cc(F)ccc12)NCc1ccnc(N2CCCCCC2)c1. The molecular formula is C24H31FN6. The number of halogens is 1. The zero-order valence-electron chi connectivity index (χ0n) is 18.1. The quantitative estimate of drug-likeness (QED) is 0.415. The Kier molecular flexibility index (Phi) is 7.02. The van der Waals surface area contributed by atoms with Gasteiger partial charge >= 0.3 is 0 Å². The van der Waals surface area contributed by atoms with E-state index in [2.05, 4.69) is 36.6 Å². The monoisotopic (exact) mass is 422 g/mol. The summed E-state index contributed by atoms with van der Waals surface area (Å²) in [6.45, 7) is 3.61. The fraction of sp³-hybridized carbons (Fsp3) is 0.417. The molecule has 3 N–H and O–H groups in total. The number of hydrogen-bond donors (Lipinski definition) is 3. The van der Waals surface area contributed by atoms with Gasteiger partial charge in [0.25, 0.3) is 0 Å². The van der Waals surface area contributed by atoms with Crippen molar-refractivity contribution in [2.45, 2.75) is 38.6 Å². The molecule has 0 bridgehead atoms. The standard InChI is InChI=1S/C24H31FN6/c1-26-24(28-11-9-19-17-29-22-15-20(25)6-7-21(19)22)30-16-18-8-10-27-23(14-18)31-12-4-2-3-5-13-31/h6-8,10,14-15,17,29H,2-5,9,11-13,16H2,1H3,(H2,26,28,30). The molecule has 1 fully saturated rings. The maximum atomic E-state index is 13.4. The van der Waals surface area contributed by atoms with Crippen molar-refractivity contribution in [1.29, 1.82) is 0 Å². The summed E-state index contributed by atoms with van der Waals surface area (Å²) < 4.78 is 13.4. The van der Waals surface area contributed by atoms with Crippen LogP contribution in [0.1, 0.15) is 36.8 Å². The number of aromatic nitrogens is 2. The van der Waals surface area contributed by atoms with E-state index in [9.17, 15) is 4.39 Å². The van der Waals surface area contributed by atoms with Crippen LogP contribution in [-0.2, 0) is 13.0 Å². The molecule has 0 atom stereocenters. The summed E-state index contributed by atoms with van der Waals surface area (Å²) in [6, 6.07) is 9.09. The van der Waals surface area contributed by atoms with Crippen LogP contribution in [-0.4, -0.2) is 42.6 Å². The highest BCUT2D eigenvalue weighted by atomic mass is 19.1. The number of H-pyrrole nitrogens is 1. The smallest absolute Gasteiger partial charge is 0.191 e. The van der Waals surface area contributed by atoms with Crippen molar-refractivity contribution in [1.82, 2.24) is 20.6 Å². The molecule has 3 aromatic rings. The van der Waals surface area contributed by atoms with Gasteiger partial charge in [0.05, 0.1) is 0 Å². The third-order valence-corrected chi connectivity index (χ3v) is 5.84. The van der Waals surface area contributed by atoms with Crippen molar-refractivity contribution >= 4 is 22.7 Å². The molecule has 1 saturated heterocycles. The van der Waals surface area contributed by atoms with Gasteiger partial charge in [0, 0.05) is 56.5 Å². The van der Waals surface area contributed by atoms with E-state index in [4.69, 9.17) is 0 Å². The van der Waals surface area contributed by atoms with Gasteiger partial charge in [-0.25, -0.2) is 9.37 Å². The molecule has 1 aliphatic rings. The predicted octanol–water partition coefficient (Wildman–Crippen LogP) is 3.99. The number of aliphatic imine (C=N–C) groups is 1. The molecule has 164 valence electrons. The summed E-state index contributed by atoms with van der Waals surface area (Å²) in [5.41, 5.74) is 3.18. The molecule has 0 unspecified atom stereocenters. The molecule has 1 aromatic carbocycles. The number of anilines is 1. The van der Waals surface area contributed by atoms with E-state index in [1.54, 1.807) is 7.05 Å². The van der Waals surface area contributed by atoms with Crippen LogP contribution in [0.5, 0.6) is 0 Å². The number of rotatable bonds is 6. The second-order valence-electron chi connectivity index (χ2n) is 8.03. The normalized spacial score (nSPS) is 15.2. The van der Waals surface area contributed by atoms with E-state index < -0.39 is 0 Å². The maximum Gasteiger partial charge on any atom is 0.191 e. The third-order valence-electron chi connectivity index (χ3n) is 5.84. The van der Waals surface area contributed by atoms with Crippen LogP contribution in [0, 0.1) is 5.82 Å². The van der Waals surface area contributed by atoms with Crippen molar-refractivity contribution in [3.05, 3.63) is 59.7 Å². The van der Waals surface area contributed by atoms with Gasteiger partial charge in [-0.15, -0.1) is 0 Å². The van der Waals surface area contributed by atoms with Gasteiger partial charge in [0.1, 0.15) is 11.6 Å². The number of nitrogens with zero attached hydrogens (tertiary/aromatic N) is 3. The molecule has 3 heterocycles. The third kappa shape index (κ3) is 5.54. The van der Waals surface area contributed by atoms with E-state index in [1.165, 1.54) is 43.4 Å². The zero-order valence-corrected chi connectivity index (χ0v) is 18.1. The van der Waals surface area contributed by atoms with Gasteiger partial charge < -0.3 is 20.5 Å². The first-order valence-electron chi connectivity index (χ1n) is 11.1. The van der Waals surface area contributed by atoms with Crippen molar-refractivity contribution in [3.63, 3.8) is 0 Å². The average Bonchev–Trinajstić information content (AvgIpc) is 2.99. The molecule has 0 amide bonds. The van der Waals surface area contributed by atoms with Crippen LogP contribution in [0.4, 0.5) is 10.2 Å². The molecule has 2 aromatic heterocycles. The second-order valence-corrected chi connectivity index (χ2v) is 8.03. The minimum atomic E-state index is -0.223. The molecular weight excluding hydrogens is 391 g/mol. The Bertz CT molecular complexity index is 1020. The van der Waals surface area contributed by atoms with Gasteiger partial charge in [-0.3, -0.25) is 4.99 Å². The van der Waals surface area contributed by atoms with Crippen molar-refractivity contribution < 1.29 is 4.39 Å². The lowest BCUT2D eigenvalue weighted by Gasteiger charge is -2.22. The van der Waals surface area contributed by atoms with E-state index in [0.29, 0.717) is 6.54 Å². The van der Waals surface area contributed by atoms with E-state index in [1.807, 2.05) is 24.5 Å². The molecule has 1 aliphatic heterocycles. The Morgan fingerprint density at radius 3 is 2.77 bits per heavy atom. The highest BCUT2D eigenvalue weighted by Crippen LogP contribution is 2.20. The summed E-state index contributed by atoms with van der Waals surface area (Å²) in [6.07, 6.45) is 9.78. The minimum Gasteiger partial charge on any atom is -0.361 e. The molecule has 0 radical (unpaired) electrons. The molecule has 0 aliphatic carbocycles. The van der Waals surface area contributed by atoms with Crippen molar-refractivity contribution in [3.8, 4) is 0 Å². The van der Waals surface area contributed by atoms with Gasteiger partial charge in [-0.05, 0) is 60.7 Å². The number of hydrogen-bond acceptors (Lipinski definition) is 3. The maximum absolute atomic E-state index is 13.4. The molecule has 7 heteroatoms. The Morgan fingerprint density at radius 1 is 1.13 bits per heavy atom. The van der Waals surface area contributed by atoms with Crippen molar-refractivity contribution in [2.75, 3.05) is 31.6 Å². The summed E-state index contributed by atoms with van der Waals surface area (Å²) >= 11 is 0. The second kappa shape index (κ2) is 10.3. The van der Waals surface area contributed by atoms with Crippen LogP contribution in [0.2, 0.25) is 0 Å². The average molecular weight is 423 g/mol. The van der Waals surface area contributed by atoms with E-state index in [-0.39, 0.29) is 5.82 Å². The fourth-order valence-corrected chi connectivity index (χ4v) is 4.13. The molecule has 4 rings (SSSR count). The Morgan fingerprint density at radius 2 is 1.97 bits per heavy atom. The van der Waals surface area contributed by atoms with Gasteiger partial charge in [-0.1, -0.05) is 12.8 Å². The lowest BCUT2D eigenvalue weighted by molar-refractivity contribution is 0.629. The topological polar surface area (TPSA) is 68.3 Å². The Labute approximate surface area is 183 Å². The fourth-order valence-electron chi connectivity index (χ4n) is 4.13. The van der Waals surface area contributed by atoms with Crippen LogP contribution < -0.4 is 15.5 Å². The first kappa shape index (κ1) is 21.2. The van der Waals surface area contributed by atoms with Gasteiger partial charge in [0.2, 0.25) is 0 Å². The van der Waals surface area contributed by atoms with Crippen molar-refractivity contribution in [2.24, 2.45) is 4.99 Å². The Hall–Kier alpha value is -3.09. The highest BCUT2D eigenvalue weighted by Gasteiger charge is 2.11. The molecule has 6 nitrogen and oxygen atoms in total. The molecule has 0 spiro atoms. The lowest BCUT2D eigenvalue weighted by atomic mass is 10.1. The summed E-state index contributed by atoms with van der Waals surface area (Å²) in [4.78, 5) is 14.5. The number of fused-ring (bicyclic) bond motifs is 1. The first-order chi connectivity index (χ1) is 15.2. The van der Waals surface area contributed by atoms with Gasteiger partial charge in [0.15, 0.2) is 5.96 Å². The number of guanidine groups is 1. The number of aromatic amines is 1. The van der Waals surface area contributed by atoms with Crippen LogP contribution in [0.3, 0.4) is 0 Å². The predicted molar refractivity (Wildman–Crippen MR) is 125 cm³/mol. The van der Waals surface area contributed by atoms with Crippen LogP contribution >= 0.6 is 0 Å². The largest absolute Gasteiger partial charge is 0.361 e. The lowest BCUT2D eigenvalue weighted by Crippen LogP contribution is -2.37. The highest BCUT2D eigenvalue weighted by molar-refractivity contribution is 5.83. The zero-order chi connectivity index (χ0) is 21.5. The number of nitrogens with one attached hydrogen (secondary N) is 3. The number of pyridine rings is 1. The Balaban J connectivity index is 1.29. The minimum absolute atomic E-state index is 0.223. The molecule has 31 heavy (non-hydrogen) atoms. The van der Waals surface area contributed by atoms with Crippen LogP contribution in [0.25, 0.3) is 10.9 Å². The summed E-state index contributed by atoms with van der Waals surface area (Å²) in [7, 11) is 1.78. The summed E-state index contributed by atoms with van der Waals surface area (Å²) in [5, 5.41) is 7.81.